The summed E-state index contributed by atoms with van der Waals surface area (Å²) in [5.41, 5.74) is 0.996. The average Bonchev–Trinajstić information content (AvgIpc) is 2.94. The van der Waals surface area contributed by atoms with E-state index in [0.29, 0.717) is 5.92 Å². The number of hydrogen-bond donors (Lipinski definition) is 1. The Kier molecular flexibility index (Phi) is 3.23. The number of aliphatic hydroxyl groups is 1. The predicted octanol–water partition coefficient (Wildman–Crippen LogP) is 3.93. The molecular formula is C15H18BrFO. The van der Waals surface area contributed by atoms with Gasteiger partial charge < -0.3 is 5.11 Å². The van der Waals surface area contributed by atoms with Crippen molar-refractivity contribution in [1.82, 2.24) is 0 Å². The summed E-state index contributed by atoms with van der Waals surface area (Å²) in [7, 11) is 0. The molecule has 1 aromatic carbocycles. The van der Waals surface area contributed by atoms with Crippen molar-refractivity contribution in [2.45, 2.75) is 32.1 Å². The molecule has 0 radical (unpaired) electrons. The molecule has 3 heteroatoms. The smallest absolute Gasteiger partial charge is 0.123 e. The fourth-order valence-electron chi connectivity index (χ4n) is 4.08. The minimum atomic E-state index is -0.190. The van der Waals surface area contributed by atoms with Gasteiger partial charge in [0.1, 0.15) is 5.82 Å². The van der Waals surface area contributed by atoms with Gasteiger partial charge in [-0.1, -0.05) is 22.4 Å². The molecule has 1 aromatic rings. The van der Waals surface area contributed by atoms with E-state index < -0.39 is 0 Å². The van der Waals surface area contributed by atoms with E-state index in [1.54, 1.807) is 12.1 Å². The second kappa shape index (κ2) is 4.61. The molecule has 0 saturated heterocycles. The van der Waals surface area contributed by atoms with Gasteiger partial charge in [0.15, 0.2) is 0 Å². The van der Waals surface area contributed by atoms with Gasteiger partial charge in [0.05, 0.1) is 0 Å². The summed E-state index contributed by atoms with van der Waals surface area (Å²) in [5.74, 6) is 1.22. The van der Waals surface area contributed by atoms with E-state index in [1.807, 2.05) is 0 Å². The molecule has 0 heterocycles. The minimum Gasteiger partial charge on any atom is -0.396 e. The fraction of sp³-hybridized carbons (Fsp3) is 0.600. The number of halogens is 2. The highest BCUT2D eigenvalue weighted by atomic mass is 79.9. The Morgan fingerprint density at radius 3 is 2.83 bits per heavy atom. The SMILES string of the molecule is OCC1(Cc2cc(F)ccc2Br)CC2CCC1C2. The average molecular weight is 313 g/mol. The summed E-state index contributed by atoms with van der Waals surface area (Å²) >= 11 is 3.50. The zero-order chi connectivity index (χ0) is 12.8. The first-order valence-electron chi connectivity index (χ1n) is 6.68. The highest BCUT2D eigenvalue weighted by Gasteiger charge is 2.50. The third kappa shape index (κ3) is 2.01. The zero-order valence-corrected chi connectivity index (χ0v) is 11.9. The van der Waals surface area contributed by atoms with Gasteiger partial charge in [-0.15, -0.1) is 0 Å². The van der Waals surface area contributed by atoms with Crippen LogP contribution < -0.4 is 0 Å². The molecule has 3 atom stereocenters. The van der Waals surface area contributed by atoms with Crippen LogP contribution in [0.3, 0.4) is 0 Å². The molecule has 2 bridgehead atoms. The van der Waals surface area contributed by atoms with Gasteiger partial charge in [0.25, 0.3) is 0 Å². The Morgan fingerprint density at radius 1 is 1.39 bits per heavy atom. The molecule has 98 valence electrons. The topological polar surface area (TPSA) is 20.2 Å². The van der Waals surface area contributed by atoms with Crippen LogP contribution in [0.1, 0.15) is 31.2 Å². The number of aliphatic hydroxyl groups excluding tert-OH is 1. The molecule has 3 unspecified atom stereocenters. The zero-order valence-electron chi connectivity index (χ0n) is 10.3. The van der Waals surface area contributed by atoms with E-state index in [2.05, 4.69) is 15.9 Å². The maximum Gasteiger partial charge on any atom is 0.123 e. The molecule has 2 saturated carbocycles. The first-order chi connectivity index (χ1) is 8.63. The molecule has 2 fully saturated rings. The number of fused-ring (bicyclic) bond motifs is 2. The normalized spacial score (nSPS) is 34.2. The first-order valence-corrected chi connectivity index (χ1v) is 7.47. The summed E-state index contributed by atoms with van der Waals surface area (Å²) in [6, 6.07) is 4.84. The lowest BCUT2D eigenvalue weighted by Crippen LogP contribution is -2.34. The van der Waals surface area contributed by atoms with Crippen molar-refractivity contribution >= 4 is 15.9 Å². The van der Waals surface area contributed by atoms with Crippen molar-refractivity contribution in [3.05, 3.63) is 34.1 Å². The van der Waals surface area contributed by atoms with Crippen LogP contribution in [0.25, 0.3) is 0 Å². The predicted molar refractivity (Wildman–Crippen MR) is 72.8 cm³/mol. The maximum atomic E-state index is 13.4. The Labute approximate surface area is 116 Å². The van der Waals surface area contributed by atoms with Gasteiger partial charge in [0, 0.05) is 16.5 Å². The van der Waals surface area contributed by atoms with Gasteiger partial charge in [-0.25, -0.2) is 4.39 Å². The highest BCUT2D eigenvalue weighted by Crippen LogP contribution is 2.57. The number of hydrogen-bond acceptors (Lipinski definition) is 1. The Bertz CT molecular complexity index is 462. The van der Waals surface area contributed by atoms with Crippen molar-refractivity contribution in [2.24, 2.45) is 17.3 Å². The molecule has 1 N–H and O–H groups in total. The van der Waals surface area contributed by atoms with Crippen LogP contribution in [0.5, 0.6) is 0 Å². The molecule has 0 aromatic heterocycles. The second-order valence-corrected chi connectivity index (χ2v) is 6.87. The van der Waals surface area contributed by atoms with Gasteiger partial charge in [-0.05, 0) is 61.3 Å². The van der Waals surface area contributed by atoms with E-state index in [0.717, 1.165) is 28.8 Å². The molecule has 3 rings (SSSR count). The van der Waals surface area contributed by atoms with Crippen molar-refractivity contribution < 1.29 is 9.50 Å². The lowest BCUT2D eigenvalue weighted by molar-refractivity contribution is 0.0649. The monoisotopic (exact) mass is 312 g/mol. The van der Waals surface area contributed by atoms with Crippen molar-refractivity contribution in [1.29, 1.82) is 0 Å². The van der Waals surface area contributed by atoms with Crippen LogP contribution in [-0.2, 0) is 6.42 Å². The van der Waals surface area contributed by atoms with Crippen LogP contribution in [0.15, 0.2) is 22.7 Å². The fourth-order valence-corrected chi connectivity index (χ4v) is 4.47. The molecular weight excluding hydrogens is 295 g/mol. The molecule has 0 amide bonds. The first kappa shape index (κ1) is 12.6. The Balaban J connectivity index is 1.88. The lowest BCUT2D eigenvalue weighted by Gasteiger charge is -2.36. The van der Waals surface area contributed by atoms with E-state index in [4.69, 9.17) is 0 Å². The second-order valence-electron chi connectivity index (χ2n) is 6.01. The third-order valence-electron chi connectivity index (χ3n) is 4.97. The van der Waals surface area contributed by atoms with Gasteiger partial charge in [-0.3, -0.25) is 0 Å². The van der Waals surface area contributed by atoms with Gasteiger partial charge >= 0.3 is 0 Å². The number of rotatable bonds is 3. The number of benzene rings is 1. The Morgan fingerprint density at radius 2 is 2.22 bits per heavy atom. The molecule has 0 aliphatic heterocycles. The maximum absolute atomic E-state index is 13.4. The summed E-state index contributed by atoms with van der Waals surface area (Å²) in [6.07, 6.45) is 5.71. The standard InChI is InChI=1S/C15H18BrFO/c16-14-4-3-13(17)6-11(14)8-15(9-18)7-10-1-2-12(15)5-10/h3-4,6,10,12,18H,1-2,5,7-9H2. The largest absolute Gasteiger partial charge is 0.396 e. The van der Waals surface area contributed by atoms with Gasteiger partial charge in [-0.2, -0.15) is 0 Å². The molecule has 18 heavy (non-hydrogen) atoms. The van der Waals surface area contributed by atoms with E-state index >= 15 is 0 Å². The van der Waals surface area contributed by atoms with Crippen LogP contribution in [0.4, 0.5) is 4.39 Å². The third-order valence-corrected chi connectivity index (χ3v) is 5.74. The molecule has 2 aliphatic carbocycles. The highest BCUT2D eigenvalue weighted by molar-refractivity contribution is 9.10. The summed E-state index contributed by atoms with van der Waals surface area (Å²) in [4.78, 5) is 0. The van der Waals surface area contributed by atoms with Crippen LogP contribution in [0, 0.1) is 23.1 Å². The molecule has 2 aliphatic rings. The van der Waals surface area contributed by atoms with E-state index in [1.165, 1.54) is 25.3 Å². The van der Waals surface area contributed by atoms with Crippen LogP contribution in [-0.4, -0.2) is 11.7 Å². The summed E-state index contributed by atoms with van der Waals surface area (Å²) in [5, 5.41) is 9.85. The summed E-state index contributed by atoms with van der Waals surface area (Å²) < 4.78 is 14.3. The minimum absolute atomic E-state index is 0.000764. The van der Waals surface area contributed by atoms with Crippen LogP contribution >= 0.6 is 15.9 Å². The molecule has 0 spiro atoms. The van der Waals surface area contributed by atoms with E-state index in [9.17, 15) is 9.50 Å². The lowest BCUT2D eigenvalue weighted by atomic mass is 9.70. The summed E-state index contributed by atoms with van der Waals surface area (Å²) in [6.45, 7) is 0.233. The van der Waals surface area contributed by atoms with E-state index in [-0.39, 0.29) is 17.8 Å². The van der Waals surface area contributed by atoms with Crippen LogP contribution in [0.2, 0.25) is 0 Å². The van der Waals surface area contributed by atoms with Gasteiger partial charge in [0.2, 0.25) is 0 Å². The molecule has 1 nitrogen and oxygen atoms in total. The van der Waals surface area contributed by atoms with Crippen molar-refractivity contribution in [3.63, 3.8) is 0 Å². The van der Waals surface area contributed by atoms with Crippen molar-refractivity contribution in [2.75, 3.05) is 6.61 Å². The quantitative estimate of drug-likeness (QED) is 0.896. The van der Waals surface area contributed by atoms with Crippen molar-refractivity contribution in [3.8, 4) is 0 Å². The Hall–Kier alpha value is -0.410.